The summed E-state index contributed by atoms with van der Waals surface area (Å²) in [4.78, 5) is 47.3. The van der Waals surface area contributed by atoms with Crippen molar-refractivity contribution in [2.75, 3.05) is 70.2 Å². The van der Waals surface area contributed by atoms with Gasteiger partial charge in [-0.3, -0.25) is 24.2 Å². The minimum Gasteiger partial charge on any atom is -0.478 e. The van der Waals surface area contributed by atoms with Crippen molar-refractivity contribution in [1.29, 1.82) is 0 Å². The molecule has 4 N–H and O–H groups in total. The maximum absolute atomic E-state index is 13.1. The molecule has 224 valence electrons. The molecule has 0 atom stereocenters. The van der Waals surface area contributed by atoms with Crippen LogP contribution in [-0.2, 0) is 14.4 Å². The summed E-state index contributed by atoms with van der Waals surface area (Å²) < 4.78 is 5.15. The number of nitrogens with one attached hydrogen (secondary N) is 3. The largest absolute Gasteiger partial charge is 0.478 e. The van der Waals surface area contributed by atoms with Crippen molar-refractivity contribution in [3.63, 3.8) is 0 Å². The van der Waals surface area contributed by atoms with Crippen LogP contribution < -0.4 is 16.1 Å². The summed E-state index contributed by atoms with van der Waals surface area (Å²) in [5, 5.41) is 15.5. The van der Waals surface area contributed by atoms with E-state index in [-0.39, 0.29) is 17.4 Å². The molecule has 0 bridgehead atoms. The molecule has 11 nitrogen and oxygen atoms in total. The van der Waals surface area contributed by atoms with E-state index in [4.69, 9.17) is 9.57 Å². The highest BCUT2D eigenvalue weighted by Gasteiger charge is 2.29. The summed E-state index contributed by atoms with van der Waals surface area (Å²) in [6.45, 7) is 6.67. The number of benzene rings is 3. The van der Waals surface area contributed by atoms with Gasteiger partial charge in [-0.2, -0.15) is 0 Å². The predicted octanol–water partition coefficient (Wildman–Crippen LogP) is 3.24. The first kappa shape index (κ1) is 29.9. The minimum atomic E-state index is -1.07. The van der Waals surface area contributed by atoms with Crippen LogP contribution in [0.1, 0.15) is 31.8 Å². The van der Waals surface area contributed by atoms with Gasteiger partial charge >= 0.3 is 5.97 Å². The van der Waals surface area contributed by atoms with Crippen LogP contribution in [0.4, 0.5) is 11.4 Å². The van der Waals surface area contributed by atoms with E-state index < -0.39 is 5.97 Å². The van der Waals surface area contributed by atoms with Crippen LogP contribution in [0.15, 0.2) is 72.8 Å². The Balaban J connectivity index is 1.21. The molecule has 2 aliphatic heterocycles. The van der Waals surface area contributed by atoms with E-state index in [0.717, 1.165) is 51.4 Å². The molecule has 3 aromatic rings. The van der Waals surface area contributed by atoms with Crippen molar-refractivity contribution in [3.05, 3.63) is 95.1 Å². The number of amides is 2. The van der Waals surface area contributed by atoms with Gasteiger partial charge in [-0.05, 0) is 42.0 Å². The van der Waals surface area contributed by atoms with Gasteiger partial charge in [0, 0.05) is 63.2 Å². The lowest BCUT2D eigenvalue weighted by Crippen LogP contribution is -2.48. The number of piperazine rings is 1. The lowest BCUT2D eigenvalue weighted by Gasteiger charge is -2.34. The first-order valence-corrected chi connectivity index (χ1v) is 14.1. The van der Waals surface area contributed by atoms with Crippen molar-refractivity contribution >= 4 is 40.4 Å². The molecule has 0 radical (unpaired) electrons. The predicted molar refractivity (Wildman–Crippen MR) is 164 cm³/mol. The van der Waals surface area contributed by atoms with Crippen LogP contribution in [0.2, 0.25) is 0 Å². The van der Waals surface area contributed by atoms with Gasteiger partial charge in [0.1, 0.15) is 0 Å². The molecule has 43 heavy (non-hydrogen) atoms. The molecule has 0 aliphatic carbocycles. The number of rotatable bonds is 12. The molecule has 2 heterocycles. The number of carboxylic acid groups (broad SMARTS) is 1. The molecule has 0 spiro atoms. The molecule has 11 heteroatoms. The second-order valence-corrected chi connectivity index (χ2v) is 10.3. The lowest BCUT2D eigenvalue weighted by molar-refractivity contribution is -0.110. The maximum atomic E-state index is 13.1. The summed E-state index contributed by atoms with van der Waals surface area (Å²) in [6.07, 6.45) is 0. The fourth-order valence-corrected chi connectivity index (χ4v) is 5.09. The number of fused-ring (bicyclic) bond motifs is 1. The second-order valence-electron chi connectivity index (χ2n) is 10.3. The van der Waals surface area contributed by atoms with E-state index in [2.05, 4.69) is 25.9 Å². The first-order chi connectivity index (χ1) is 20.9. The zero-order valence-electron chi connectivity index (χ0n) is 24.0. The van der Waals surface area contributed by atoms with Gasteiger partial charge < -0.3 is 20.5 Å². The number of hydrogen-bond acceptors (Lipinski definition) is 8. The highest BCUT2D eigenvalue weighted by Crippen LogP contribution is 2.38. The number of carboxylic acids is 1. The Hall–Kier alpha value is -4.55. The van der Waals surface area contributed by atoms with Gasteiger partial charge in [-0.15, -0.1) is 0 Å². The Morgan fingerprint density at radius 2 is 1.51 bits per heavy atom. The van der Waals surface area contributed by atoms with Crippen LogP contribution in [0.25, 0.3) is 11.3 Å². The van der Waals surface area contributed by atoms with Crippen molar-refractivity contribution in [2.45, 2.75) is 0 Å². The number of hydroxylamine groups is 1. The topological polar surface area (TPSA) is 132 Å². The Morgan fingerprint density at radius 1 is 0.860 bits per heavy atom. The summed E-state index contributed by atoms with van der Waals surface area (Å²) in [5.41, 5.74) is 6.45. The number of aromatic carboxylic acids is 1. The van der Waals surface area contributed by atoms with Crippen LogP contribution in [0, 0.1) is 0 Å². The number of carbonyl (C=O) groups excluding carboxylic acids is 2. The van der Waals surface area contributed by atoms with E-state index in [9.17, 15) is 19.5 Å². The van der Waals surface area contributed by atoms with E-state index in [1.165, 1.54) is 12.1 Å². The van der Waals surface area contributed by atoms with Gasteiger partial charge in [-0.25, -0.2) is 10.3 Å². The molecule has 2 amide bonds. The normalized spacial score (nSPS) is 16.3. The SMILES string of the molecule is COCCN1CCN(CCONC(=O)c2ccc(N/C(=C3/C(=O)Nc4cc(C(=O)O)ccc43)c3ccccc3)cc2)CC1. The van der Waals surface area contributed by atoms with Gasteiger partial charge in [0.2, 0.25) is 0 Å². The number of ether oxygens (including phenoxy) is 1. The third-order valence-electron chi connectivity index (χ3n) is 7.49. The van der Waals surface area contributed by atoms with Crippen LogP contribution in [0.5, 0.6) is 0 Å². The number of nitrogens with zero attached hydrogens (tertiary/aromatic N) is 2. The van der Waals surface area contributed by atoms with Crippen molar-refractivity contribution < 1.29 is 29.1 Å². The monoisotopic (exact) mass is 585 g/mol. The summed E-state index contributed by atoms with van der Waals surface area (Å²) in [6, 6.07) is 20.8. The molecule has 0 aromatic heterocycles. The molecule has 2 aliphatic rings. The zero-order valence-corrected chi connectivity index (χ0v) is 24.0. The minimum absolute atomic E-state index is 0.0870. The second kappa shape index (κ2) is 14.1. The molecule has 5 rings (SSSR count). The summed E-state index contributed by atoms with van der Waals surface area (Å²) in [5.74, 6) is -1.76. The summed E-state index contributed by atoms with van der Waals surface area (Å²) in [7, 11) is 1.71. The quantitative estimate of drug-likeness (QED) is 0.144. The molecular weight excluding hydrogens is 550 g/mol. The molecular formula is C32H35N5O6. The first-order valence-electron chi connectivity index (χ1n) is 14.1. The lowest BCUT2D eigenvalue weighted by atomic mass is 9.99. The highest BCUT2D eigenvalue weighted by molar-refractivity contribution is 6.37. The Kier molecular flexibility index (Phi) is 9.80. The zero-order chi connectivity index (χ0) is 30.2. The Morgan fingerprint density at radius 3 is 2.16 bits per heavy atom. The van der Waals surface area contributed by atoms with Gasteiger partial charge in [0.05, 0.1) is 35.7 Å². The summed E-state index contributed by atoms with van der Waals surface area (Å²) >= 11 is 0. The maximum Gasteiger partial charge on any atom is 0.335 e. The Labute approximate surface area is 250 Å². The van der Waals surface area contributed by atoms with E-state index in [1.807, 2.05) is 30.3 Å². The van der Waals surface area contributed by atoms with Crippen LogP contribution in [0.3, 0.4) is 0 Å². The van der Waals surface area contributed by atoms with E-state index in [1.54, 1.807) is 37.4 Å². The number of hydrogen-bond donors (Lipinski definition) is 4. The average molecular weight is 586 g/mol. The van der Waals surface area contributed by atoms with E-state index in [0.29, 0.717) is 40.4 Å². The molecule has 1 fully saturated rings. The van der Waals surface area contributed by atoms with Crippen molar-refractivity contribution in [3.8, 4) is 0 Å². The van der Waals surface area contributed by atoms with Crippen LogP contribution in [-0.4, -0.2) is 92.3 Å². The van der Waals surface area contributed by atoms with Crippen LogP contribution >= 0.6 is 0 Å². The standard InChI is InChI=1S/C32H35N5O6/c1-42-19-17-36-13-15-37(16-14-36)18-20-43-35-30(38)23-7-10-25(11-8-23)33-29(22-5-3-2-4-6-22)28-26-12-9-24(32(40)41)21-27(26)34-31(28)39/h2-12,21,33H,13-20H2,1H3,(H,34,39)(H,35,38)(H,40,41)/b29-28+. The fraction of sp³-hybridized carbons (Fsp3) is 0.281. The van der Waals surface area contributed by atoms with Gasteiger partial charge in [0.15, 0.2) is 0 Å². The smallest absolute Gasteiger partial charge is 0.335 e. The number of carbonyl (C=O) groups is 3. The van der Waals surface area contributed by atoms with Gasteiger partial charge in [-0.1, -0.05) is 36.4 Å². The number of methoxy groups -OCH3 is 1. The third kappa shape index (κ3) is 7.46. The Bertz CT molecular complexity index is 1480. The fourth-order valence-electron chi connectivity index (χ4n) is 5.09. The van der Waals surface area contributed by atoms with Gasteiger partial charge in [0.25, 0.3) is 11.8 Å². The van der Waals surface area contributed by atoms with Crippen molar-refractivity contribution in [1.82, 2.24) is 15.3 Å². The molecule has 0 saturated carbocycles. The van der Waals surface area contributed by atoms with Crippen molar-refractivity contribution in [2.24, 2.45) is 0 Å². The highest BCUT2D eigenvalue weighted by atomic mass is 16.7. The molecule has 0 unspecified atom stereocenters. The molecule has 1 saturated heterocycles. The molecule has 3 aromatic carbocycles. The average Bonchev–Trinajstić information content (AvgIpc) is 3.36. The third-order valence-corrected chi connectivity index (χ3v) is 7.49. The number of anilines is 2. The van der Waals surface area contributed by atoms with E-state index >= 15 is 0 Å².